The SMILES string of the molecule is CC(C)CNc1cncc(C(=O)NCCN(C)C)c1. The molecule has 5 nitrogen and oxygen atoms in total. The van der Waals surface area contributed by atoms with Gasteiger partial charge in [0.15, 0.2) is 0 Å². The lowest BCUT2D eigenvalue weighted by atomic mass is 10.2. The van der Waals surface area contributed by atoms with Crippen LogP contribution < -0.4 is 10.6 Å². The predicted molar refractivity (Wildman–Crippen MR) is 78.5 cm³/mol. The Morgan fingerprint density at radius 3 is 2.74 bits per heavy atom. The van der Waals surface area contributed by atoms with Gasteiger partial charge in [-0.1, -0.05) is 13.8 Å². The fourth-order valence-corrected chi connectivity index (χ4v) is 1.48. The van der Waals surface area contributed by atoms with Crippen LogP contribution in [0.1, 0.15) is 24.2 Å². The number of rotatable bonds is 7. The summed E-state index contributed by atoms with van der Waals surface area (Å²) in [5.74, 6) is 0.472. The molecule has 1 aromatic heterocycles. The second-order valence-corrected chi connectivity index (χ2v) is 5.30. The molecular weight excluding hydrogens is 240 g/mol. The molecule has 106 valence electrons. The standard InChI is InChI=1S/C14H24N4O/c1-11(2)8-17-13-7-12(9-15-10-13)14(19)16-5-6-18(3)4/h7,9-11,17H,5-6,8H2,1-4H3,(H,16,19). The van der Waals surface area contributed by atoms with E-state index in [1.807, 2.05) is 25.1 Å². The van der Waals surface area contributed by atoms with Crippen molar-refractivity contribution < 1.29 is 4.79 Å². The molecule has 0 unspecified atom stereocenters. The second-order valence-electron chi connectivity index (χ2n) is 5.30. The first-order chi connectivity index (χ1) is 8.99. The van der Waals surface area contributed by atoms with E-state index >= 15 is 0 Å². The van der Waals surface area contributed by atoms with Crippen LogP contribution >= 0.6 is 0 Å². The van der Waals surface area contributed by atoms with Crippen LogP contribution in [0, 0.1) is 5.92 Å². The average Bonchev–Trinajstić information content (AvgIpc) is 2.36. The lowest BCUT2D eigenvalue weighted by Gasteiger charge is -2.11. The summed E-state index contributed by atoms with van der Waals surface area (Å²) < 4.78 is 0. The lowest BCUT2D eigenvalue weighted by Crippen LogP contribution is -2.31. The van der Waals surface area contributed by atoms with Crippen molar-refractivity contribution in [3.63, 3.8) is 0 Å². The van der Waals surface area contributed by atoms with Crippen molar-refractivity contribution in [3.05, 3.63) is 24.0 Å². The summed E-state index contributed by atoms with van der Waals surface area (Å²) in [6.07, 6.45) is 3.32. The Morgan fingerprint density at radius 1 is 1.37 bits per heavy atom. The number of pyridine rings is 1. The maximum absolute atomic E-state index is 11.9. The molecule has 2 N–H and O–H groups in total. The molecule has 0 saturated heterocycles. The topological polar surface area (TPSA) is 57.3 Å². The summed E-state index contributed by atoms with van der Waals surface area (Å²) >= 11 is 0. The zero-order valence-corrected chi connectivity index (χ0v) is 12.2. The molecule has 0 saturated carbocycles. The molecule has 0 radical (unpaired) electrons. The molecule has 1 amide bonds. The fraction of sp³-hybridized carbons (Fsp3) is 0.571. The van der Waals surface area contributed by atoms with Crippen molar-refractivity contribution in [2.75, 3.05) is 39.0 Å². The molecule has 0 atom stereocenters. The van der Waals surface area contributed by atoms with Crippen LogP contribution in [0.2, 0.25) is 0 Å². The smallest absolute Gasteiger partial charge is 0.252 e. The van der Waals surface area contributed by atoms with Gasteiger partial charge in [-0.3, -0.25) is 9.78 Å². The summed E-state index contributed by atoms with van der Waals surface area (Å²) in [5, 5.41) is 6.14. The van der Waals surface area contributed by atoms with E-state index in [1.54, 1.807) is 12.4 Å². The Bertz CT molecular complexity index is 404. The van der Waals surface area contributed by atoms with Crippen molar-refractivity contribution in [1.29, 1.82) is 0 Å². The van der Waals surface area contributed by atoms with E-state index in [0.717, 1.165) is 18.8 Å². The molecule has 5 heteroatoms. The number of carbonyl (C=O) groups is 1. The number of nitrogens with one attached hydrogen (secondary N) is 2. The highest BCUT2D eigenvalue weighted by Crippen LogP contribution is 2.09. The van der Waals surface area contributed by atoms with Crippen LogP contribution in [0.5, 0.6) is 0 Å². The molecule has 0 aromatic carbocycles. The van der Waals surface area contributed by atoms with Gasteiger partial charge in [0.25, 0.3) is 5.91 Å². The molecule has 0 spiro atoms. The van der Waals surface area contributed by atoms with Gasteiger partial charge >= 0.3 is 0 Å². The van der Waals surface area contributed by atoms with Crippen molar-refractivity contribution in [3.8, 4) is 0 Å². The van der Waals surface area contributed by atoms with Crippen LogP contribution in [-0.2, 0) is 0 Å². The number of anilines is 1. The number of carbonyl (C=O) groups excluding carboxylic acids is 1. The maximum atomic E-state index is 11.9. The second kappa shape index (κ2) is 7.74. The number of hydrogen-bond donors (Lipinski definition) is 2. The van der Waals surface area contributed by atoms with Gasteiger partial charge in [-0.2, -0.15) is 0 Å². The van der Waals surface area contributed by atoms with E-state index in [-0.39, 0.29) is 5.91 Å². The minimum atomic E-state index is -0.0810. The number of amides is 1. The third-order valence-corrected chi connectivity index (χ3v) is 2.56. The maximum Gasteiger partial charge on any atom is 0.252 e. The summed E-state index contributed by atoms with van der Waals surface area (Å²) in [6, 6.07) is 1.83. The van der Waals surface area contributed by atoms with Gasteiger partial charge in [-0.05, 0) is 26.1 Å². The summed E-state index contributed by atoms with van der Waals surface area (Å²) in [5.41, 5.74) is 1.47. The van der Waals surface area contributed by atoms with Crippen molar-refractivity contribution in [2.24, 2.45) is 5.92 Å². The van der Waals surface area contributed by atoms with Gasteiger partial charge in [0, 0.05) is 32.0 Å². The van der Waals surface area contributed by atoms with E-state index in [1.165, 1.54) is 0 Å². The van der Waals surface area contributed by atoms with Gasteiger partial charge in [0.2, 0.25) is 0 Å². The highest BCUT2D eigenvalue weighted by Gasteiger charge is 2.06. The monoisotopic (exact) mass is 264 g/mol. The van der Waals surface area contributed by atoms with E-state index in [0.29, 0.717) is 18.0 Å². The minimum absolute atomic E-state index is 0.0810. The van der Waals surface area contributed by atoms with Crippen LogP contribution in [-0.4, -0.2) is 49.5 Å². The largest absolute Gasteiger partial charge is 0.384 e. The van der Waals surface area contributed by atoms with Crippen LogP contribution in [0.15, 0.2) is 18.5 Å². The van der Waals surface area contributed by atoms with Crippen LogP contribution in [0.4, 0.5) is 5.69 Å². The number of likely N-dealkylation sites (N-methyl/N-ethyl adjacent to an activating group) is 1. The Hall–Kier alpha value is -1.62. The highest BCUT2D eigenvalue weighted by atomic mass is 16.1. The zero-order valence-electron chi connectivity index (χ0n) is 12.2. The van der Waals surface area contributed by atoms with Gasteiger partial charge in [0.05, 0.1) is 11.3 Å². The first-order valence-electron chi connectivity index (χ1n) is 6.61. The normalized spacial score (nSPS) is 10.8. The van der Waals surface area contributed by atoms with Gasteiger partial charge in [-0.25, -0.2) is 0 Å². The van der Waals surface area contributed by atoms with Crippen LogP contribution in [0.25, 0.3) is 0 Å². The molecule has 1 aromatic rings. The molecule has 0 fully saturated rings. The van der Waals surface area contributed by atoms with Gasteiger partial charge in [-0.15, -0.1) is 0 Å². The first-order valence-corrected chi connectivity index (χ1v) is 6.61. The van der Waals surface area contributed by atoms with E-state index in [9.17, 15) is 4.79 Å². The zero-order chi connectivity index (χ0) is 14.3. The third kappa shape index (κ3) is 6.20. The van der Waals surface area contributed by atoms with Crippen molar-refractivity contribution in [1.82, 2.24) is 15.2 Å². The first kappa shape index (κ1) is 15.4. The van der Waals surface area contributed by atoms with Crippen molar-refractivity contribution in [2.45, 2.75) is 13.8 Å². The minimum Gasteiger partial charge on any atom is -0.384 e. The van der Waals surface area contributed by atoms with E-state index in [4.69, 9.17) is 0 Å². The quantitative estimate of drug-likeness (QED) is 0.782. The molecule has 1 rings (SSSR count). The number of hydrogen-bond acceptors (Lipinski definition) is 4. The summed E-state index contributed by atoms with van der Waals surface area (Å²) in [7, 11) is 3.95. The molecular formula is C14H24N4O. The lowest BCUT2D eigenvalue weighted by molar-refractivity contribution is 0.0950. The number of aromatic nitrogens is 1. The molecule has 0 bridgehead atoms. The average molecular weight is 264 g/mol. The molecule has 19 heavy (non-hydrogen) atoms. The van der Waals surface area contributed by atoms with Crippen molar-refractivity contribution >= 4 is 11.6 Å². The summed E-state index contributed by atoms with van der Waals surface area (Å²) in [4.78, 5) is 18.0. The molecule has 0 aliphatic heterocycles. The predicted octanol–water partition coefficient (Wildman–Crippen LogP) is 1.44. The fourth-order valence-electron chi connectivity index (χ4n) is 1.48. The molecule has 0 aliphatic rings. The van der Waals surface area contributed by atoms with E-state index in [2.05, 4.69) is 29.5 Å². The van der Waals surface area contributed by atoms with Crippen LogP contribution in [0.3, 0.4) is 0 Å². The Morgan fingerprint density at radius 2 is 2.11 bits per heavy atom. The van der Waals surface area contributed by atoms with Gasteiger partial charge in [0.1, 0.15) is 0 Å². The number of nitrogens with zero attached hydrogens (tertiary/aromatic N) is 2. The Balaban J connectivity index is 2.52. The molecule has 0 aliphatic carbocycles. The summed E-state index contributed by atoms with van der Waals surface area (Å²) in [6.45, 7) is 6.60. The third-order valence-electron chi connectivity index (χ3n) is 2.56. The highest BCUT2D eigenvalue weighted by molar-refractivity contribution is 5.94. The Kier molecular flexibility index (Phi) is 6.29. The van der Waals surface area contributed by atoms with Gasteiger partial charge < -0.3 is 15.5 Å². The molecule has 1 heterocycles. The Labute approximate surface area is 115 Å². The van der Waals surface area contributed by atoms with E-state index < -0.39 is 0 Å².